The Morgan fingerprint density at radius 3 is 2.32 bits per heavy atom. The molecule has 1 saturated heterocycles. The molecule has 3 unspecified atom stereocenters. The van der Waals surface area contributed by atoms with E-state index in [2.05, 4.69) is 17.4 Å². The van der Waals surface area contributed by atoms with E-state index >= 15 is 0 Å². The van der Waals surface area contributed by atoms with Gasteiger partial charge in [-0.15, -0.1) is 11.8 Å². The third-order valence-electron chi connectivity index (χ3n) is 7.50. The van der Waals surface area contributed by atoms with Crippen LogP contribution in [0.5, 0.6) is 0 Å². The zero-order valence-electron chi connectivity index (χ0n) is 20.9. The Morgan fingerprint density at radius 2 is 1.62 bits per heavy atom. The first-order valence-electron chi connectivity index (χ1n) is 13.2. The number of hydrogen-bond donors (Lipinski definition) is 1. The van der Waals surface area contributed by atoms with Gasteiger partial charge in [-0.25, -0.2) is 4.39 Å². The lowest BCUT2D eigenvalue weighted by molar-refractivity contribution is -0.125. The number of carbonyl (C=O) groups excluding carboxylic acids is 2. The fourth-order valence-electron chi connectivity index (χ4n) is 5.60. The van der Waals surface area contributed by atoms with Crippen LogP contribution in [0.2, 0.25) is 0 Å². The Bertz CT molecular complexity index is 1200. The maximum Gasteiger partial charge on any atom is 0.255 e. The average Bonchev–Trinajstić information content (AvgIpc) is 3.39. The number of thioether (sulfide) groups is 1. The number of rotatable bonds is 7. The largest absolute Gasteiger partial charge is 0.347 e. The molecule has 0 aromatic heterocycles. The van der Waals surface area contributed by atoms with Gasteiger partial charge in [0.25, 0.3) is 5.91 Å². The van der Waals surface area contributed by atoms with Crippen LogP contribution in [-0.2, 0) is 11.2 Å². The van der Waals surface area contributed by atoms with Crippen molar-refractivity contribution in [3.8, 4) is 0 Å². The number of benzene rings is 3. The summed E-state index contributed by atoms with van der Waals surface area (Å²) < 4.78 is 14.0. The zero-order chi connectivity index (χ0) is 25.6. The molecule has 3 aromatic carbocycles. The lowest BCUT2D eigenvalue weighted by Gasteiger charge is -2.36. The molecular formula is C31H33FN2O2S. The molecule has 4 nitrogen and oxygen atoms in total. The quantitative estimate of drug-likeness (QED) is 0.396. The summed E-state index contributed by atoms with van der Waals surface area (Å²) in [6.45, 7) is 0. The van der Waals surface area contributed by atoms with Crippen LogP contribution in [0.3, 0.4) is 0 Å². The van der Waals surface area contributed by atoms with Gasteiger partial charge < -0.3 is 10.2 Å². The molecule has 0 bridgehead atoms. The normalized spacial score (nSPS) is 20.9. The number of nitrogens with zero attached hydrogens (tertiary/aromatic N) is 1. The Labute approximate surface area is 222 Å². The molecule has 1 aliphatic heterocycles. The van der Waals surface area contributed by atoms with E-state index in [1.807, 2.05) is 48.5 Å². The van der Waals surface area contributed by atoms with Crippen molar-refractivity contribution in [3.05, 3.63) is 107 Å². The number of hydrogen-bond acceptors (Lipinski definition) is 3. The highest BCUT2D eigenvalue weighted by atomic mass is 32.2. The molecule has 2 amide bonds. The van der Waals surface area contributed by atoms with E-state index in [-0.39, 0.29) is 23.2 Å². The van der Waals surface area contributed by atoms with E-state index in [1.54, 1.807) is 28.8 Å². The minimum absolute atomic E-state index is 0.0730. The number of halogens is 1. The molecule has 3 aromatic rings. The Morgan fingerprint density at radius 1 is 0.919 bits per heavy atom. The molecule has 1 saturated carbocycles. The summed E-state index contributed by atoms with van der Waals surface area (Å²) in [6.07, 6.45) is 6.27. The van der Waals surface area contributed by atoms with Gasteiger partial charge in [0, 0.05) is 11.3 Å². The van der Waals surface area contributed by atoms with Crippen molar-refractivity contribution in [1.29, 1.82) is 0 Å². The third kappa shape index (κ3) is 6.07. The molecule has 0 radical (unpaired) electrons. The van der Waals surface area contributed by atoms with Gasteiger partial charge in [-0.2, -0.15) is 0 Å². The van der Waals surface area contributed by atoms with E-state index in [0.29, 0.717) is 23.7 Å². The Kier molecular flexibility index (Phi) is 8.24. The fraction of sp³-hybridized carbons (Fsp3) is 0.355. The summed E-state index contributed by atoms with van der Waals surface area (Å²) in [6, 6.07) is 25.1. The van der Waals surface area contributed by atoms with Crippen molar-refractivity contribution in [2.75, 3.05) is 5.75 Å². The van der Waals surface area contributed by atoms with Crippen LogP contribution in [0.1, 0.15) is 59.6 Å². The van der Waals surface area contributed by atoms with Gasteiger partial charge in [0.2, 0.25) is 5.91 Å². The van der Waals surface area contributed by atoms with Gasteiger partial charge in [0.05, 0.1) is 11.4 Å². The first-order valence-corrected chi connectivity index (χ1v) is 14.2. The highest BCUT2D eigenvalue weighted by molar-refractivity contribution is 8.00. The van der Waals surface area contributed by atoms with Gasteiger partial charge in [-0.3, -0.25) is 9.59 Å². The predicted molar refractivity (Wildman–Crippen MR) is 147 cm³/mol. The van der Waals surface area contributed by atoms with Crippen LogP contribution in [0.4, 0.5) is 4.39 Å². The van der Waals surface area contributed by atoms with E-state index in [9.17, 15) is 14.0 Å². The summed E-state index contributed by atoms with van der Waals surface area (Å²) in [5.41, 5.74) is 2.45. The SMILES string of the molecule is O=C(NC(Cc1ccccc1)c1ccccc1)C1CSC(C2CCCCC2)N1C(=O)c1cccc(F)c1. The molecule has 5 rings (SSSR count). The second-order valence-corrected chi connectivity index (χ2v) is 11.2. The molecular weight excluding hydrogens is 483 g/mol. The summed E-state index contributed by atoms with van der Waals surface area (Å²) >= 11 is 1.70. The van der Waals surface area contributed by atoms with Crippen LogP contribution >= 0.6 is 11.8 Å². The second kappa shape index (κ2) is 12.0. The predicted octanol–water partition coefficient (Wildman–Crippen LogP) is 6.39. The summed E-state index contributed by atoms with van der Waals surface area (Å²) in [4.78, 5) is 29.4. The maximum atomic E-state index is 14.0. The topological polar surface area (TPSA) is 49.4 Å². The summed E-state index contributed by atoms with van der Waals surface area (Å²) in [5, 5.41) is 3.20. The molecule has 2 fully saturated rings. The van der Waals surface area contributed by atoms with E-state index in [1.165, 1.54) is 18.6 Å². The van der Waals surface area contributed by atoms with Crippen molar-refractivity contribution in [3.63, 3.8) is 0 Å². The molecule has 3 atom stereocenters. The highest BCUT2D eigenvalue weighted by Crippen LogP contribution is 2.41. The van der Waals surface area contributed by atoms with E-state index in [0.717, 1.165) is 36.8 Å². The van der Waals surface area contributed by atoms with Crippen molar-refractivity contribution >= 4 is 23.6 Å². The van der Waals surface area contributed by atoms with Gasteiger partial charge >= 0.3 is 0 Å². The molecule has 37 heavy (non-hydrogen) atoms. The third-order valence-corrected chi connectivity index (χ3v) is 8.96. The van der Waals surface area contributed by atoms with Crippen molar-refractivity contribution < 1.29 is 14.0 Å². The second-order valence-electron chi connectivity index (χ2n) is 10.0. The van der Waals surface area contributed by atoms with Crippen LogP contribution < -0.4 is 5.32 Å². The fourth-order valence-corrected chi connectivity index (χ4v) is 7.23. The molecule has 6 heteroatoms. The Balaban J connectivity index is 1.42. The van der Waals surface area contributed by atoms with Crippen molar-refractivity contribution in [2.24, 2.45) is 5.92 Å². The monoisotopic (exact) mass is 516 g/mol. The van der Waals surface area contributed by atoms with Crippen LogP contribution in [0.25, 0.3) is 0 Å². The van der Waals surface area contributed by atoms with Crippen molar-refractivity contribution in [2.45, 2.75) is 56.0 Å². The van der Waals surface area contributed by atoms with Crippen LogP contribution in [0, 0.1) is 11.7 Å². The molecule has 1 aliphatic carbocycles. The molecule has 1 N–H and O–H groups in total. The standard InChI is InChI=1S/C31H33FN2O2S/c32-26-18-10-17-25(20-26)30(36)34-28(21-37-31(34)24-15-8-3-9-16-24)29(35)33-27(23-13-6-2-7-14-23)19-22-11-4-1-5-12-22/h1-2,4-7,10-14,17-18,20,24,27-28,31H,3,8-9,15-16,19,21H2,(H,33,35). The average molecular weight is 517 g/mol. The van der Waals surface area contributed by atoms with Crippen LogP contribution in [0.15, 0.2) is 84.9 Å². The number of carbonyl (C=O) groups is 2. The zero-order valence-corrected chi connectivity index (χ0v) is 21.7. The first-order chi connectivity index (χ1) is 18.1. The van der Waals surface area contributed by atoms with Gasteiger partial charge in [-0.1, -0.05) is 86.0 Å². The van der Waals surface area contributed by atoms with E-state index < -0.39 is 11.9 Å². The first kappa shape index (κ1) is 25.5. The molecule has 1 heterocycles. The van der Waals surface area contributed by atoms with E-state index in [4.69, 9.17) is 0 Å². The number of amides is 2. The lowest BCUT2D eigenvalue weighted by Crippen LogP contribution is -2.52. The van der Waals surface area contributed by atoms with Crippen molar-refractivity contribution in [1.82, 2.24) is 10.2 Å². The lowest BCUT2D eigenvalue weighted by atomic mass is 9.88. The summed E-state index contributed by atoms with van der Waals surface area (Å²) in [5.74, 6) is 0.0316. The number of nitrogens with one attached hydrogen (secondary N) is 1. The van der Waals surface area contributed by atoms with Gasteiger partial charge in [0.1, 0.15) is 11.9 Å². The Hall–Kier alpha value is -3.12. The highest BCUT2D eigenvalue weighted by Gasteiger charge is 2.45. The van der Waals surface area contributed by atoms with Gasteiger partial charge in [-0.05, 0) is 54.5 Å². The maximum absolute atomic E-state index is 14.0. The minimum Gasteiger partial charge on any atom is -0.347 e. The van der Waals surface area contributed by atoms with Gasteiger partial charge in [0.15, 0.2) is 0 Å². The molecule has 192 valence electrons. The van der Waals surface area contributed by atoms with Crippen LogP contribution in [-0.4, -0.2) is 33.9 Å². The minimum atomic E-state index is -0.602. The smallest absolute Gasteiger partial charge is 0.255 e. The molecule has 2 aliphatic rings. The molecule has 0 spiro atoms. The summed E-state index contributed by atoms with van der Waals surface area (Å²) in [7, 11) is 0.